The molecule has 0 radical (unpaired) electrons. The molecular weight excluding hydrogens is 997 g/mol. The van der Waals surface area contributed by atoms with Crippen LogP contribution in [0, 0.1) is 0 Å². The van der Waals surface area contributed by atoms with Crippen molar-refractivity contribution < 1.29 is 28.6 Å². The molecular formula is C75H144O6. The minimum Gasteiger partial charge on any atom is -0.462 e. The van der Waals surface area contributed by atoms with Crippen molar-refractivity contribution in [1.29, 1.82) is 0 Å². The van der Waals surface area contributed by atoms with Crippen LogP contribution in [-0.2, 0) is 28.6 Å². The number of carbonyl (C=O) groups is 3. The first-order valence-electron chi connectivity index (χ1n) is 37.2. The maximum Gasteiger partial charge on any atom is 0.306 e. The van der Waals surface area contributed by atoms with Gasteiger partial charge in [0, 0.05) is 19.3 Å². The van der Waals surface area contributed by atoms with E-state index >= 15 is 0 Å². The van der Waals surface area contributed by atoms with E-state index in [0.29, 0.717) is 19.3 Å². The second kappa shape index (κ2) is 70.6. The lowest BCUT2D eigenvalue weighted by Crippen LogP contribution is -2.30. The molecule has 0 spiro atoms. The van der Waals surface area contributed by atoms with Crippen molar-refractivity contribution in [1.82, 2.24) is 0 Å². The standard InChI is InChI=1S/C75H144O6/c1-4-7-10-13-16-19-22-24-26-28-30-32-34-35-36-37-38-39-40-42-43-45-47-49-51-53-56-59-62-65-68-74(77)80-71-72(70-79-73(76)67-64-61-58-55-21-18-15-12-9-6-3)81-75(78)69-66-63-60-57-54-52-50-48-46-44-41-33-31-29-27-25-23-20-17-14-11-8-5-2/h12,15,72H,4-11,13-14,16-71H2,1-3H3/b15-12-. The summed E-state index contributed by atoms with van der Waals surface area (Å²) in [5.41, 5.74) is 0. The van der Waals surface area contributed by atoms with Gasteiger partial charge in [-0.2, -0.15) is 0 Å². The summed E-state index contributed by atoms with van der Waals surface area (Å²) in [6, 6.07) is 0. The average Bonchev–Trinajstić information content (AvgIpc) is 3.47. The monoisotopic (exact) mass is 1140 g/mol. The highest BCUT2D eigenvalue weighted by molar-refractivity contribution is 5.71. The molecule has 1 atom stereocenters. The van der Waals surface area contributed by atoms with Crippen LogP contribution >= 0.6 is 0 Å². The Morgan fingerprint density at radius 2 is 0.432 bits per heavy atom. The lowest BCUT2D eigenvalue weighted by molar-refractivity contribution is -0.167. The van der Waals surface area contributed by atoms with Crippen LogP contribution in [0.15, 0.2) is 12.2 Å². The number of rotatable bonds is 70. The summed E-state index contributed by atoms with van der Waals surface area (Å²) in [6.07, 6.45) is 85.7. The summed E-state index contributed by atoms with van der Waals surface area (Å²) in [7, 11) is 0. The molecule has 0 aliphatic carbocycles. The van der Waals surface area contributed by atoms with Gasteiger partial charge in [0.1, 0.15) is 13.2 Å². The molecule has 0 rings (SSSR count). The van der Waals surface area contributed by atoms with E-state index in [9.17, 15) is 14.4 Å². The Labute approximate surface area is 507 Å². The van der Waals surface area contributed by atoms with E-state index < -0.39 is 6.10 Å². The second-order valence-corrected chi connectivity index (χ2v) is 25.6. The molecule has 0 aromatic heterocycles. The van der Waals surface area contributed by atoms with Gasteiger partial charge < -0.3 is 14.2 Å². The Morgan fingerprint density at radius 3 is 0.667 bits per heavy atom. The summed E-state index contributed by atoms with van der Waals surface area (Å²) in [5.74, 6) is -0.842. The van der Waals surface area contributed by atoms with E-state index in [-0.39, 0.29) is 31.1 Å². The van der Waals surface area contributed by atoms with Gasteiger partial charge in [-0.3, -0.25) is 14.4 Å². The van der Waals surface area contributed by atoms with E-state index in [4.69, 9.17) is 14.2 Å². The first-order valence-corrected chi connectivity index (χ1v) is 37.2. The number of esters is 3. The number of hydrogen-bond donors (Lipinski definition) is 0. The predicted molar refractivity (Wildman–Crippen MR) is 353 cm³/mol. The third-order valence-corrected chi connectivity index (χ3v) is 17.3. The molecule has 0 bridgehead atoms. The average molecular weight is 1140 g/mol. The largest absolute Gasteiger partial charge is 0.462 e. The molecule has 0 fully saturated rings. The van der Waals surface area contributed by atoms with Gasteiger partial charge in [-0.1, -0.05) is 386 Å². The van der Waals surface area contributed by atoms with Crippen LogP contribution in [0.4, 0.5) is 0 Å². The Morgan fingerprint density at radius 1 is 0.235 bits per heavy atom. The van der Waals surface area contributed by atoms with Gasteiger partial charge in [0.15, 0.2) is 6.10 Å². The lowest BCUT2D eigenvalue weighted by atomic mass is 10.0. The Bertz CT molecular complexity index is 1260. The van der Waals surface area contributed by atoms with Crippen LogP contribution in [0.1, 0.15) is 432 Å². The molecule has 6 nitrogen and oxygen atoms in total. The first-order chi connectivity index (χ1) is 40.0. The molecule has 0 aliphatic rings. The second-order valence-electron chi connectivity index (χ2n) is 25.6. The van der Waals surface area contributed by atoms with E-state index in [2.05, 4.69) is 32.9 Å². The quantitative estimate of drug-likeness (QED) is 0.0261. The van der Waals surface area contributed by atoms with Gasteiger partial charge in [0.05, 0.1) is 0 Å². The SMILES string of the molecule is CCC/C=C\CCCCCCCC(=O)OCC(COC(=O)CCCCCCCCCCCCCCCCCCCCCCCCCCCCCCCC)OC(=O)CCCCCCCCCCCCCCCCCCCCCCCCC. The van der Waals surface area contributed by atoms with Gasteiger partial charge in [0.2, 0.25) is 0 Å². The molecule has 0 heterocycles. The number of unbranched alkanes of at least 4 members (excludes halogenated alkanes) is 57. The van der Waals surface area contributed by atoms with E-state index in [1.165, 1.54) is 321 Å². The smallest absolute Gasteiger partial charge is 0.306 e. The highest BCUT2D eigenvalue weighted by Gasteiger charge is 2.20. The molecule has 0 N–H and O–H groups in total. The first kappa shape index (κ1) is 79.2. The molecule has 0 aliphatic heterocycles. The van der Waals surface area contributed by atoms with Gasteiger partial charge in [0.25, 0.3) is 0 Å². The van der Waals surface area contributed by atoms with Crippen LogP contribution in [-0.4, -0.2) is 37.2 Å². The molecule has 1 unspecified atom stereocenters. The zero-order valence-corrected chi connectivity index (χ0v) is 55.4. The molecule has 480 valence electrons. The van der Waals surface area contributed by atoms with Gasteiger partial charge in [-0.05, 0) is 38.5 Å². The van der Waals surface area contributed by atoms with Crippen molar-refractivity contribution in [3.05, 3.63) is 12.2 Å². The van der Waals surface area contributed by atoms with Crippen molar-refractivity contribution in [3.63, 3.8) is 0 Å². The minimum absolute atomic E-state index is 0.0659. The minimum atomic E-state index is -0.769. The fourth-order valence-corrected chi connectivity index (χ4v) is 11.7. The highest BCUT2D eigenvalue weighted by Crippen LogP contribution is 2.20. The van der Waals surface area contributed by atoms with Gasteiger partial charge >= 0.3 is 17.9 Å². The summed E-state index contributed by atoms with van der Waals surface area (Å²) in [6.45, 7) is 6.67. The topological polar surface area (TPSA) is 78.9 Å². The normalized spacial score (nSPS) is 12.0. The van der Waals surface area contributed by atoms with E-state index in [1.807, 2.05) is 0 Å². The zero-order chi connectivity index (χ0) is 58.5. The Balaban J connectivity index is 4.06. The van der Waals surface area contributed by atoms with Gasteiger partial charge in [-0.15, -0.1) is 0 Å². The molecule has 0 saturated carbocycles. The highest BCUT2D eigenvalue weighted by atomic mass is 16.6. The fourth-order valence-electron chi connectivity index (χ4n) is 11.7. The van der Waals surface area contributed by atoms with Crippen LogP contribution < -0.4 is 0 Å². The number of hydrogen-bond acceptors (Lipinski definition) is 6. The summed E-state index contributed by atoms with van der Waals surface area (Å²) in [5, 5.41) is 0. The maximum atomic E-state index is 12.9. The van der Waals surface area contributed by atoms with Crippen molar-refractivity contribution >= 4 is 17.9 Å². The van der Waals surface area contributed by atoms with E-state index in [1.54, 1.807) is 0 Å². The van der Waals surface area contributed by atoms with Crippen molar-refractivity contribution in [2.45, 2.75) is 438 Å². The van der Waals surface area contributed by atoms with Crippen LogP contribution in [0.2, 0.25) is 0 Å². The molecule has 0 aromatic carbocycles. The molecule has 6 heteroatoms. The van der Waals surface area contributed by atoms with Crippen LogP contribution in [0.5, 0.6) is 0 Å². The van der Waals surface area contributed by atoms with Crippen molar-refractivity contribution in [3.8, 4) is 0 Å². The summed E-state index contributed by atoms with van der Waals surface area (Å²) < 4.78 is 17.0. The van der Waals surface area contributed by atoms with Crippen LogP contribution in [0.3, 0.4) is 0 Å². The number of ether oxygens (including phenoxy) is 3. The van der Waals surface area contributed by atoms with E-state index in [0.717, 1.165) is 70.6 Å². The van der Waals surface area contributed by atoms with Crippen molar-refractivity contribution in [2.24, 2.45) is 0 Å². The number of carbonyl (C=O) groups excluding carboxylic acids is 3. The Kier molecular flexibility index (Phi) is 69.0. The lowest BCUT2D eigenvalue weighted by Gasteiger charge is -2.18. The fraction of sp³-hybridized carbons (Fsp3) is 0.933. The summed E-state index contributed by atoms with van der Waals surface area (Å²) >= 11 is 0. The molecule has 81 heavy (non-hydrogen) atoms. The number of allylic oxidation sites excluding steroid dienone is 2. The third kappa shape index (κ3) is 68.8. The van der Waals surface area contributed by atoms with Crippen LogP contribution in [0.25, 0.3) is 0 Å². The molecule has 0 amide bonds. The van der Waals surface area contributed by atoms with Gasteiger partial charge in [-0.25, -0.2) is 0 Å². The maximum absolute atomic E-state index is 12.9. The molecule has 0 saturated heterocycles. The molecule has 0 aromatic rings. The third-order valence-electron chi connectivity index (χ3n) is 17.3. The zero-order valence-electron chi connectivity index (χ0n) is 55.4. The van der Waals surface area contributed by atoms with Crippen molar-refractivity contribution in [2.75, 3.05) is 13.2 Å². The predicted octanol–water partition coefficient (Wildman–Crippen LogP) is 25.6. The Hall–Kier alpha value is -1.85. The summed E-state index contributed by atoms with van der Waals surface area (Å²) in [4.78, 5) is 38.4.